The fourth-order valence-corrected chi connectivity index (χ4v) is 4.42. The lowest BCUT2D eigenvalue weighted by Gasteiger charge is -2.17. The first-order valence-electron chi connectivity index (χ1n) is 5.87. The Kier molecular flexibility index (Phi) is 4.48. The Morgan fingerprint density at radius 1 is 1.40 bits per heavy atom. The number of rotatable bonds is 5. The van der Waals surface area contributed by atoms with Crippen LogP contribution in [0.4, 0.5) is 0 Å². The second-order valence-corrected chi connectivity index (χ2v) is 8.24. The van der Waals surface area contributed by atoms with Crippen molar-refractivity contribution in [2.75, 3.05) is 0 Å². The first kappa shape index (κ1) is 15.4. The van der Waals surface area contributed by atoms with Crippen LogP contribution in [0.3, 0.4) is 0 Å². The SMILES string of the molecule is Cc1noc([C@H](NS(=O)(=O)c2ccc(Cl)s2)C(C)C)n1. The zero-order chi connectivity index (χ0) is 14.9. The van der Waals surface area contributed by atoms with Crippen molar-refractivity contribution >= 4 is 33.0 Å². The smallest absolute Gasteiger partial charge is 0.250 e. The third kappa shape index (κ3) is 3.38. The fraction of sp³-hybridized carbons (Fsp3) is 0.455. The summed E-state index contributed by atoms with van der Waals surface area (Å²) >= 11 is 6.77. The average molecular weight is 336 g/mol. The molecule has 0 bridgehead atoms. The Morgan fingerprint density at radius 2 is 2.10 bits per heavy atom. The van der Waals surface area contributed by atoms with E-state index in [1.807, 2.05) is 13.8 Å². The van der Waals surface area contributed by atoms with E-state index in [0.29, 0.717) is 10.2 Å². The molecule has 2 aromatic rings. The van der Waals surface area contributed by atoms with Gasteiger partial charge in [-0.05, 0) is 25.0 Å². The Labute approximate surface area is 126 Å². The standard InChI is InChI=1S/C11H14ClN3O3S2/c1-6(2)10(11-13-7(3)14-18-11)15-20(16,17)9-5-4-8(12)19-9/h4-6,10,15H,1-3H3/t10-/m1/s1. The maximum atomic E-state index is 12.3. The summed E-state index contributed by atoms with van der Waals surface area (Å²) in [6.07, 6.45) is 0. The van der Waals surface area contributed by atoms with Crippen molar-refractivity contribution in [3.05, 3.63) is 28.2 Å². The van der Waals surface area contributed by atoms with Gasteiger partial charge in [0.25, 0.3) is 10.0 Å². The van der Waals surface area contributed by atoms with Gasteiger partial charge in [-0.1, -0.05) is 30.6 Å². The molecule has 6 nitrogen and oxygen atoms in total. The number of thiophene rings is 1. The molecule has 20 heavy (non-hydrogen) atoms. The molecule has 2 heterocycles. The average Bonchev–Trinajstić information content (AvgIpc) is 2.95. The van der Waals surface area contributed by atoms with Crippen LogP contribution in [-0.4, -0.2) is 18.6 Å². The number of aromatic nitrogens is 2. The van der Waals surface area contributed by atoms with E-state index < -0.39 is 16.1 Å². The molecule has 0 unspecified atom stereocenters. The van der Waals surface area contributed by atoms with Crippen molar-refractivity contribution in [3.63, 3.8) is 0 Å². The Hall–Kier alpha value is -0.960. The number of aryl methyl sites for hydroxylation is 1. The minimum atomic E-state index is -3.67. The summed E-state index contributed by atoms with van der Waals surface area (Å²) in [6.45, 7) is 5.42. The summed E-state index contributed by atoms with van der Waals surface area (Å²) < 4.78 is 32.8. The monoisotopic (exact) mass is 335 g/mol. The van der Waals surface area contributed by atoms with Crippen molar-refractivity contribution in [3.8, 4) is 0 Å². The molecule has 0 aliphatic rings. The molecule has 0 saturated heterocycles. The predicted molar refractivity (Wildman–Crippen MR) is 76.3 cm³/mol. The topological polar surface area (TPSA) is 85.1 Å². The van der Waals surface area contributed by atoms with Crippen LogP contribution in [0.1, 0.15) is 31.6 Å². The molecule has 0 radical (unpaired) electrons. The van der Waals surface area contributed by atoms with Gasteiger partial charge >= 0.3 is 0 Å². The number of halogens is 1. The summed E-state index contributed by atoms with van der Waals surface area (Å²) in [7, 11) is -3.67. The van der Waals surface area contributed by atoms with Crippen molar-refractivity contribution in [2.45, 2.75) is 31.0 Å². The second kappa shape index (κ2) is 5.80. The van der Waals surface area contributed by atoms with Gasteiger partial charge in [-0.15, -0.1) is 11.3 Å². The minimum Gasteiger partial charge on any atom is -0.338 e. The van der Waals surface area contributed by atoms with E-state index in [9.17, 15) is 8.42 Å². The Bertz CT molecular complexity index is 693. The molecule has 2 aromatic heterocycles. The highest BCUT2D eigenvalue weighted by Gasteiger charge is 2.29. The van der Waals surface area contributed by atoms with Gasteiger partial charge in [-0.2, -0.15) is 9.71 Å². The van der Waals surface area contributed by atoms with E-state index in [0.717, 1.165) is 11.3 Å². The molecule has 2 rings (SSSR count). The van der Waals surface area contributed by atoms with E-state index in [4.69, 9.17) is 16.1 Å². The van der Waals surface area contributed by atoms with Gasteiger partial charge in [0.05, 0.1) is 4.34 Å². The molecule has 110 valence electrons. The third-order valence-electron chi connectivity index (χ3n) is 2.57. The number of nitrogens with one attached hydrogen (secondary N) is 1. The molecule has 1 N–H and O–H groups in total. The van der Waals surface area contributed by atoms with Crippen molar-refractivity contribution in [2.24, 2.45) is 5.92 Å². The van der Waals surface area contributed by atoms with Crippen LogP contribution in [0.2, 0.25) is 4.34 Å². The molecule has 0 spiro atoms. The van der Waals surface area contributed by atoms with Crippen LogP contribution in [-0.2, 0) is 10.0 Å². The van der Waals surface area contributed by atoms with E-state index in [-0.39, 0.29) is 16.0 Å². The molecule has 0 fully saturated rings. The highest BCUT2D eigenvalue weighted by Crippen LogP contribution is 2.28. The molecule has 0 aliphatic carbocycles. The molecular weight excluding hydrogens is 322 g/mol. The predicted octanol–water partition coefficient (Wildman–Crippen LogP) is 2.77. The van der Waals surface area contributed by atoms with Crippen LogP contribution >= 0.6 is 22.9 Å². The lowest BCUT2D eigenvalue weighted by Crippen LogP contribution is -2.31. The van der Waals surface area contributed by atoms with Crippen molar-refractivity contribution in [1.82, 2.24) is 14.9 Å². The summed E-state index contributed by atoms with van der Waals surface area (Å²) in [4.78, 5) is 4.09. The van der Waals surface area contributed by atoms with Gasteiger partial charge in [0, 0.05) is 0 Å². The van der Waals surface area contributed by atoms with E-state index in [2.05, 4.69) is 14.9 Å². The van der Waals surface area contributed by atoms with E-state index in [1.165, 1.54) is 6.07 Å². The van der Waals surface area contributed by atoms with E-state index in [1.54, 1.807) is 13.0 Å². The number of hydrogen-bond acceptors (Lipinski definition) is 6. The molecule has 0 saturated carbocycles. The van der Waals surface area contributed by atoms with Crippen LogP contribution in [0.15, 0.2) is 20.9 Å². The molecular formula is C11H14ClN3O3S2. The van der Waals surface area contributed by atoms with Gasteiger partial charge in [0.1, 0.15) is 10.3 Å². The summed E-state index contributed by atoms with van der Waals surface area (Å²) in [6, 6.07) is 2.43. The van der Waals surface area contributed by atoms with Crippen molar-refractivity contribution < 1.29 is 12.9 Å². The Balaban J connectivity index is 2.29. The van der Waals surface area contributed by atoms with Crippen molar-refractivity contribution in [1.29, 1.82) is 0 Å². The molecule has 1 atom stereocenters. The van der Waals surface area contributed by atoms with Gasteiger partial charge in [0.15, 0.2) is 5.82 Å². The lowest BCUT2D eigenvalue weighted by molar-refractivity contribution is 0.310. The molecule has 9 heteroatoms. The highest BCUT2D eigenvalue weighted by molar-refractivity contribution is 7.91. The first-order chi connectivity index (χ1) is 9.29. The summed E-state index contributed by atoms with van der Waals surface area (Å²) in [5.74, 6) is 0.674. The third-order valence-corrected chi connectivity index (χ3v) is 5.74. The highest BCUT2D eigenvalue weighted by atomic mass is 35.5. The maximum absolute atomic E-state index is 12.3. The zero-order valence-corrected chi connectivity index (χ0v) is 13.5. The maximum Gasteiger partial charge on any atom is 0.250 e. The fourth-order valence-electron chi connectivity index (χ4n) is 1.58. The zero-order valence-electron chi connectivity index (χ0n) is 11.1. The molecule has 0 aromatic carbocycles. The lowest BCUT2D eigenvalue weighted by atomic mass is 10.1. The van der Waals surface area contributed by atoms with Gasteiger partial charge in [-0.3, -0.25) is 0 Å². The largest absolute Gasteiger partial charge is 0.338 e. The van der Waals surface area contributed by atoms with Gasteiger partial charge in [0.2, 0.25) is 5.89 Å². The first-order valence-corrected chi connectivity index (χ1v) is 8.55. The number of sulfonamides is 1. The van der Waals surface area contributed by atoms with Crippen LogP contribution in [0.25, 0.3) is 0 Å². The second-order valence-electron chi connectivity index (χ2n) is 4.58. The van der Waals surface area contributed by atoms with Crippen LogP contribution in [0.5, 0.6) is 0 Å². The number of nitrogens with zero attached hydrogens (tertiary/aromatic N) is 2. The van der Waals surface area contributed by atoms with E-state index >= 15 is 0 Å². The summed E-state index contributed by atoms with van der Waals surface area (Å²) in [5, 5.41) is 3.69. The van der Waals surface area contributed by atoms with Crippen LogP contribution < -0.4 is 4.72 Å². The Morgan fingerprint density at radius 3 is 2.55 bits per heavy atom. The minimum absolute atomic E-state index is 0.0416. The normalized spacial score (nSPS) is 13.8. The summed E-state index contributed by atoms with van der Waals surface area (Å²) in [5.41, 5.74) is 0. The quantitative estimate of drug-likeness (QED) is 0.908. The van der Waals surface area contributed by atoms with Gasteiger partial charge in [-0.25, -0.2) is 8.42 Å². The molecule has 0 amide bonds. The molecule has 0 aliphatic heterocycles. The number of hydrogen-bond donors (Lipinski definition) is 1. The van der Waals surface area contributed by atoms with Gasteiger partial charge < -0.3 is 4.52 Å². The van der Waals surface area contributed by atoms with Crippen LogP contribution in [0, 0.1) is 12.8 Å².